The van der Waals surface area contributed by atoms with Gasteiger partial charge in [0.2, 0.25) is 0 Å². The lowest BCUT2D eigenvalue weighted by Crippen LogP contribution is -2.01. The zero-order valence-electron chi connectivity index (χ0n) is 9.19. The van der Waals surface area contributed by atoms with Crippen molar-refractivity contribution in [2.24, 2.45) is 5.73 Å². The van der Waals surface area contributed by atoms with Crippen LogP contribution in [0, 0.1) is 0 Å². The predicted octanol–water partition coefficient (Wildman–Crippen LogP) is 1.91. The molecular weight excluding hydrogens is 190 g/mol. The van der Waals surface area contributed by atoms with Crippen LogP contribution in [0.4, 0.5) is 0 Å². The fraction of sp³-hybridized carbons (Fsp3) is 0.500. The Morgan fingerprint density at radius 3 is 2.67 bits per heavy atom. The number of benzene rings is 1. The van der Waals surface area contributed by atoms with E-state index in [1.807, 2.05) is 19.1 Å². The standard InChI is InChI=1S/C12H17NO2/c1-3-15-11-5-4-8(6-12(11)14-2)9-7-10(9)13/h4-6,9-10H,3,7,13H2,1-2H3. The highest BCUT2D eigenvalue weighted by Gasteiger charge is 2.35. The third-order valence-electron chi connectivity index (χ3n) is 2.76. The number of nitrogens with two attached hydrogens (primary N) is 1. The minimum atomic E-state index is 0.327. The van der Waals surface area contributed by atoms with Crippen molar-refractivity contribution in [2.75, 3.05) is 13.7 Å². The third kappa shape index (κ3) is 2.07. The monoisotopic (exact) mass is 207 g/mol. The van der Waals surface area contributed by atoms with Gasteiger partial charge in [-0.05, 0) is 31.0 Å². The molecule has 0 aliphatic heterocycles. The van der Waals surface area contributed by atoms with Crippen molar-refractivity contribution in [3.8, 4) is 11.5 Å². The summed E-state index contributed by atoms with van der Waals surface area (Å²) in [6.07, 6.45) is 1.08. The lowest BCUT2D eigenvalue weighted by Gasteiger charge is -2.10. The summed E-state index contributed by atoms with van der Waals surface area (Å²) >= 11 is 0. The number of rotatable bonds is 4. The molecule has 0 heterocycles. The van der Waals surface area contributed by atoms with E-state index in [2.05, 4.69) is 6.07 Å². The van der Waals surface area contributed by atoms with Gasteiger partial charge < -0.3 is 15.2 Å². The topological polar surface area (TPSA) is 44.5 Å². The van der Waals surface area contributed by atoms with Gasteiger partial charge in [0.25, 0.3) is 0 Å². The average molecular weight is 207 g/mol. The van der Waals surface area contributed by atoms with Gasteiger partial charge in [0.1, 0.15) is 0 Å². The first-order valence-corrected chi connectivity index (χ1v) is 5.32. The van der Waals surface area contributed by atoms with E-state index in [1.54, 1.807) is 7.11 Å². The Hall–Kier alpha value is -1.22. The van der Waals surface area contributed by atoms with Crippen LogP contribution in [0.3, 0.4) is 0 Å². The molecule has 1 aromatic carbocycles. The molecule has 1 saturated carbocycles. The van der Waals surface area contributed by atoms with Crippen LogP contribution in [0.5, 0.6) is 11.5 Å². The Morgan fingerprint density at radius 2 is 2.13 bits per heavy atom. The van der Waals surface area contributed by atoms with Crippen LogP contribution < -0.4 is 15.2 Å². The number of methoxy groups -OCH3 is 1. The van der Waals surface area contributed by atoms with E-state index in [0.29, 0.717) is 18.6 Å². The number of hydrogen-bond donors (Lipinski definition) is 1. The number of hydrogen-bond acceptors (Lipinski definition) is 3. The third-order valence-corrected chi connectivity index (χ3v) is 2.76. The Labute approximate surface area is 90.2 Å². The summed E-state index contributed by atoms with van der Waals surface area (Å²) < 4.78 is 10.7. The lowest BCUT2D eigenvalue weighted by molar-refractivity contribution is 0.310. The molecule has 0 bridgehead atoms. The second kappa shape index (κ2) is 4.11. The summed E-state index contributed by atoms with van der Waals surface area (Å²) in [5.74, 6) is 2.11. The molecular formula is C12H17NO2. The maximum atomic E-state index is 5.81. The Bertz CT molecular complexity index is 351. The molecule has 82 valence electrons. The summed E-state index contributed by atoms with van der Waals surface area (Å²) in [5, 5.41) is 0. The SMILES string of the molecule is CCOc1ccc(C2CC2N)cc1OC. The molecule has 1 aromatic rings. The summed E-state index contributed by atoms with van der Waals surface area (Å²) in [5.41, 5.74) is 7.07. The normalized spacial score (nSPS) is 23.7. The molecule has 0 amide bonds. The Morgan fingerprint density at radius 1 is 1.40 bits per heavy atom. The maximum absolute atomic E-state index is 5.81. The minimum Gasteiger partial charge on any atom is -0.493 e. The molecule has 2 N–H and O–H groups in total. The molecule has 1 aliphatic carbocycles. The van der Waals surface area contributed by atoms with Crippen molar-refractivity contribution in [2.45, 2.75) is 25.3 Å². The molecule has 0 aromatic heterocycles. The zero-order valence-corrected chi connectivity index (χ0v) is 9.19. The van der Waals surface area contributed by atoms with Gasteiger partial charge in [-0.2, -0.15) is 0 Å². The van der Waals surface area contributed by atoms with Crippen LogP contribution in [-0.2, 0) is 0 Å². The van der Waals surface area contributed by atoms with E-state index in [-0.39, 0.29) is 0 Å². The van der Waals surface area contributed by atoms with Crippen LogP contribution in [0.2, 0.25) is 0 Å². The zero-order chi connectivity index (χ0) is 10.8. The summed E-state index contributed by atoms with van der Waals surface area (Å²) in [6, 6.07) is 6.39. The fourth-order valence-electron chi connectivity index (χ4n) is 1.79. The molecule has 1 fully saturated rings. The van der Waals surface area contributed by atoms with Gasteiger partial charge in [-0.1, -0.05) is 6.07 Å². The van der Waals surface area contributed by atoms with Gasteiger partial charge in [0.05, 0.1) is 13.7 Å². The van der Waals surface area contributed by atoms with E-state index < -0.39 is 0 Å². The number of ether oxygens (including phenoxy) is 2. The van der Waals surface area contributed by atoms with E-state index in [4.69, 9.17) is 15.2 Å². The Kier molecular flexibility index (Phi) is 2.82. The molecule has 0 spiro atoms. The Balaban J connectivity index is 2.22. The van der Waals surface area contributed by atoms with Crippen LogP contribution >= 0.6 is 0 Å². The molecule has 3 nitrogen and oxygen atoms in total. The van der Waals surface area contributed by atoms with E-state index >= 15 is 0 Å². The van der Waals surface area contributed by atoms with Crippen molar-refractivity contribution >= 4 is 0 Å². The van der Waals surface area contributed by atoms with Crippen molar-refractivity contribution < 1.29 is 9.47 Å². The first kappa shape index (κ1) is 10.3. The highest BCUT2D eigenvalue weighted by atomic mass is 16.5. The molecule has 2 unspecified atom stereocenters. The first-order valence-electron chi connectivity index (χ1n) is 5.32. The lowest BCUT2D eigenvalue weighted by atomic mass is 10.1. The molecule has 15 heavy (non-hydrogen) atoms. The predicted molar refractivity (Wildman–Crippen MR) is 59.5 cm³/mol. The molecule has 0 saturated heterocycles. The second-order valence-electron chi connectivity index (χ2n) is 3.85. The van der Waals surface area contributed by atoms with E-state index in [9.17, 15) is 0 Å². The van der Waals surface area contributed by atoms with Gasteiger partial charge in [-0.3, -0.25) is 0 Å². The van der Waals surface area contributed by atoms with Crippen LogP contribution in [0.1, 0.15) is 24.8 Å². The molecule has 0 radical (unpaired) electrons. The second-order valence-corrected chi connectivity index (χ2v) is 3.85. The van der Waals surface area contributed by atoms with Gasteiger partial charge in [0, 0.05) is 12.0 Å². The highest BCUT2D eigenvalue weighted by molar-refractivity contribution is 5.45. The van der Waals surface area contributed by atoms with Crippen molar-refractivity contribution in [1.82, 2.24) is 0 Å². The summed E-state index contributed by atoms with van der Waals surface area (Å²) in [6.45, 7) is 2.61. The van der Waals surface area contributed by atoms with Crippen molar-refractivity contribution in [1.29, 1.82) is 0 Å². The minimum absolute atomic E-state index is 0.327. The highest BCUT2D eigenvalue weighted by Crippen LogP contribution is 2.42. The van der Waals surface area contributed by atoms with E-state index in [0.717, 1.165) is 17.9 Å². The summed E-state index contributed by atoms with van der Waals surface area (Å²) in [4.78, 5) is 0. The van der Waals surface area contributed by atoms with Gasteiger partial charge >= 0.3 is 0 Å². The fourth-order valence-corrected chi connectivity index (χ4v) is 1.79. The molecule has 3 heteroatoms. The van der Waals surface area contributed by atoms with E-state index in [1.165, 1.54) is 5.56 Å². The molecule has 2 atom stereocenters. The van der Waals surface area contributed by atoms with Crippen LogP contribution in [0.15, 0.2) is 18.2 Å². The van der Waals surface area contributed by atoms with Crippen molar-refractivity contribution in [3.05, 3.63) is 23.8 Å². The smallest absolute Gasteiger partial charge is 0.161 e. The maximum Gasteiger partial charge on any atom is 0.161 e. The average Bonchev–Trinajstić information content (AvgIpc) is 2.96. The molecule has 1 aliphatic rings. The quantitative estimate of drug-likeness (QED) is 0.820. The summed E-state index contributed by atoms with van der Waals surface area (Å²) in [7, 11) is 1.66. The van der Waals surface area contributed by atoms with Gasteiger partial charge in [-0.15, -0.1) is 0 Å². The van der Waals surface area contributed by atoms with Gasteiger partial charge in [-0.25, -0.2) is 0 Å². The van der Waals surface area contributed by atoms with Crippen molar-refractivity contribution in [3.63, 3.8) is 0 Å². The molecule has 2 rings (SSSR count). The first-order chi connectivity index (χ1) is 7.26. The van der Waals surface area contributed by atoms with Crippen LogP contribution in [-0.4, -0.2) is 19.8 Å². The van der Waals surface area contributed by atoms with Gasteiger partial charge in [0.15, 0.2) is 11.5 Å². The largest absolute Gasteiger partial charge is 0.493 e. The van der Waals surface area contributed by atoms with Crippen LogP contribution in [0.25, 0.3) is 0 Å².